The van der Waals surface area contributed by atoms with Crippen LogP contribution in [0.5, 0.6) is 0 Å². The molecule has 2 aliphatic heterocycles. The molecule has 0 bridgehead atoms. The van der Waals surface area contributed by atoms with E-state index in [2.05, 4.69) is 289 Å². The van der Waals surface area contributed by atoms with Crippen molar-refractivity contribution in [2.45, 2.75) is 183 Å². The minimum absolute atomic E-state index is 0.00645. The molecule has 10 rings (SSSR count). The fourth-order valence-electron chi connectivity index (χ4n) is 11.4. The molecule has 0 saturated carbocycles. The molecule has 2 aliphatic rings. The molecule has 3 nitrogen and oxygen atoms in total. The lowest BCUT2D eigenvalue weighted by atomic mass is 9.33. The zero-order valence-electron chi connectivity index (χ0n) is 50.1. The van der Waals surface area contributed by atoms with E-state index in [-0.39, 0.29) is 44.6 Å². The van der Waals surface area contributed by atoms with Crippen molar-refractivity contribution in [1.29, 1.82) is 0 Å². The molecule has 76 heavy (non-hydrogen) atoms. The molecule has 0 saturated heterocycles. The Bertz CT molecular complexity index is 3490. The molecule has 0 radical (unpaired) electrons. The molecular formula is C72H85BN2O. The van der Waals surface area contributed by atoms with Crippen molar-refractivity contribution in [2.24, 2.45) is 0 Å². The monoisotopic (exact) mass is 1000 g/mol. The van der Waals surface area contributed by atoms with Gasteiger partial charge < -0.3 is 9.32 Å². The summed E-state index contributed by atoms with van der Waals surface area (Å²) < 4.78 is 7.37. The van der Waals surface area contributed by atoms with Gasteiger partial charge in [-0.15, -0.1) is 0 Å². The van der Waals surface area contributed by atoms with Crippen molar-refractivity contribution >= 4 is 68.4 Å². The van der Waals surface area contributed by atoms with E-state index < -0.39 is 0 Å². The molecule has 0 unspecified atom stereocenters. The molecule has 392 valence electrons. The van der Waals surface area contributed by atoms with Crippen LogP contribution in [0.1, 0.15) is 184 Å². The summed E-state index contributed by atoms with van der Waals surface area (Å²) in [5.74, 6) is 0.894. The summed E-state index contributed by atoms with van der Waals surface area (Å²) in [5, 5.41) is 1.17. The second kappa shape index (κ2) is 17.6. The third kappa shape index (κ3) is 9.55. The van der Waals surface area contributed by atoms with Gasteiger partial charge in [-0.05, 0) is 165 Å². The highest BCUT2D eigenvalue weighted by atomic mass is 16.4. The fourth-order valence-corrected chi connectivity index (χ4v) is 11.4. The normalized spacial score (nSPS) is 14.3. The number of fused-ring (bicyclic) bond motifs is 6. The van der Waals surface area contributed by atoms with Crippen LogP contribution >= 0.6 is 0 Å². The first-order chi connectivity index (χ1) is 35.1. The predicted molar refractivity (Wildman–Crippen MR) is 332 cm³/mol. The average Bonchev–Trinajstić information content (AvgIpc) is 3.70. The predicted octanol–water partition coefficient (Wildman–Crippen LogP) is 18.9. The van der Waals surface area contributed by atoms with Gasteiger partial charge in [0.2, 0.25) is 5.88 Å². The quantitative estimate of drug-likeness (QED) is 0.164. The molecular weight excluding hydrogens is 920 g/mol. The van der Waals surface area contributed by atoms with E-state index in [0.717, 1.165) is 28.5 Å². The molecule has 0 N–H and O–H groups in total. The summed E-state index contributed by atoms with van der Waals surface area (Å²) >= 11 is 0. The minimum Gasteiger partial charge on any atom is -0.440 e. The number of nitrogens with zero attached hydrogens (tertiary/aromatic N) is 2. The smallest absolute Gasteiger partial charge is 0.257 e. The lowest BCUT2D eigenvalue weighted by Gasteiger charge is -2.43. The van der Waals surface area contributed by atoms with Gasteiger partial charge in [0, 0.05) is 39.3 Å². The first-order valence-electron chi connectivity index (χ1n) is 28.1. The van der Waals surface area contributed by atoms with Gasteiger partial charge in [-0.25, -0.2) is 0 Å². The molecule has 4 heteroatoms. The highest BCUT2D eigenvalue weighted by Gasteiger charge is 2.47. The zero-order valence-corrected chi connectivity index (χ0v) is 50.1. The van der Waals surface area contributed by atoms with Gasteiger partial charge in [0.05, 0.1) is 0 Å². The van der Waals surface area contributed by atoms with Crippen LogP contribution in [0.4, 0.5) is 34.3 Å². The molecule has 0 aliphatic carbocycles. The van der Waals surface area contributed by atoms with Gasteiger partial charge in [-0.2, -0.15) is 0 Å². The van der Waals surface area contributed by atoms with Crippen LogP contribution < -0.4 is 26.2 Å². The number of furan rings is 1. The Morgan fingerprint density at radius 3 is 1.17 bits per heavy atom. The summed E-state index contributed by atoms with van der Waals surface area (Å²) in [4.78, 5) is 5.04. The Morgan fingerprint density at radius 1 is 0.303 bits per heavy atom. The maximum absolute atomic E-state index is 7.37. The Labute approximate surface area is 458 Å². The topological polar surface area (TPSA) is 19.6 Å². The van der Waals surface area contributed by atoms with Crippen molar-refractivity contribution in [3.63, 3.8) is 0 Å². The van der Waals surface area contributed by atoms with Gasteiger partial charge in [0.15, 0.2) is 0 Å². The van der Waals surface area contributed by atoms with Crippen molar-refractivity contribution in [2.75, 3.05) is 9.80 Å². The van der Waals surface area contributed by atoms with Gasteiger partial charge >= 0.3 is 0 Å². The highest BCUT2D eigenvalue weighted by molar-refractivity contribution is 7.01. The Kier molecular flexibility index (Phi) is 12.3. The third-order valence-electron chi connectivity index (χ3n) is 16.5. The fraction of sp³-hybridized carbons (Fsp3) is 0.389. The molecule has 7 aromatic carbocycles. The van der Waals surface area contributed by atoms with E-state index in [1.807, 2.05) is 0 Å². The summed E-state index contributed by atoms with van der Waals surface area (Å²) in [6.07, 6.45) is 0. The van der Waals surface area contributed by atoms with Crippen LogP contribution in [0, 0.1) is 0 Å². The van der Waals surface area contributed by atoms with Crippen LogP contribution in [-0.2, 0) is 37.9 Å². The molecule has 1 aromatic heterocycles. The lowest BCUT2D eigenvalue weighted by molar-refractivity contribution is 0.568. The Morgan fingerprint density at radius 2 is 0.697 bits per heavy atom. The summed E-state index contributed by atoms with van der Waals surface area (Å²) in [6, 6.07) is 52.6. The van der Waals surface area contributed by atoms with Gasteiger partial charge in [-0.3, -0.25) is 4.90 Å². The van der Waals surface area contributed by atoms with Crippen LogP contribution in [-0.4, -0.2) is 6.71 Å². The average molecular weight is 1010 g/mol. The molecule has 0 amide bonds. The van der Waals surface area contributed by atoms with E-state index >= 15 is 0 Å². The van der Waals surface area contributed by atoms with Crippen molar-refractivity contribution in [1.82, 2.24) is 0 Å². The Hall–Kier alpha value is -6.26. The van der Waals surface area contributed by atoms with Crippen LogP contribution in [0.3, 0.4) is 0 Å². The van der Waals surface area contributed by atoms with Gasteiger partial charge in [-0.1, -0.05) is 224 Å². The largest absolute Gasteiger partial charge is 0.440 e. The van der Waals surface area contributed by atoms with Gasteiger partial charge in [0.25, 0.3) is 6.71 Å². The van der Waals surface area contributed by atoms with E-state index in [1.54, 1.807) is 0 Å². The summed E-state index contributed by atoms with van der Waals surface area (Å²) in [6.45, 7) is 48.7. The molecule has 0 atom stereocenters. The van der Waals surface area contributed by atoms with Crippen molar-refractivity contribution in [3.05, 3.63) is 172 Å². The minimum atomic E-state index is -0.163. The lowest BCUT2D eigenvalue weighted by Crippen LogP contribution is -2.61. The first kappa shape index (κ1) is 53.2. The zero-order chi connectivity index (χ0) is 55.2. The van der Waals surface area contributed by atoms with Gasteiger partial charge in [0.1, 0.15) is 5.58 Å². The molecule has 8 aromatic rings. The van der Waals surface area contributed by atoms with E-state index in [4.69, 9.17) is 4.42 Å². The van der Waals surface area contributed by atoms with Crippen molar-refractivity contribution in [3.8, 4) is 22.3 Å². The number of hydrogen-bond donors (Lipinski definition) is 0. The number of hydrogen-bond acceptors (Lipinski definition) is 3. The number of rotatable bonds is 4. The van der Waals surface area contributed by atoms with Crippen molar-refractivity contribution < 1.29 is 4.42 Å². The summed E-state index contributed by atoms with van der Waals surface area (Å²) in [5.41, 5.74) is 24.5. The summed E-state index contributed by atoms with van der Waals surface area (Å²) in [7, 11) is 0. The SMILES string of the molecule is CC(C)(C)c1ccc(N2c3cc(C(C)(C)C)cc4c3B(c3cc(-c5cc(C(C)(C)C)cc(C(C)(C)C)c5)ccc3N4c3ccc(-c4cc(C(C)(C)C)cc(C(C)(C)C)c4)cc3)c3c2oc2ccc(C(C)(C)C)cc32)cc1. The standard InChI is InChI=1S/C72H85BN2O/c1-66(2,3)48-25-30-56(31-26-48)75-61-43-54(72(19,20)21)42-60-64(61)73(63-57-41-49(67(4,5)6)27-33-62(57)76-65(63)75)58-38-45(47-36-52(70(13,14)15)40-53(37-47)71(16,17)18)24-32-59(58)74(60)55-28-22-44(23-29-55)46-34-50(68(7,8)9)39-51(35-46)69(10,11)12/h22-43H,1-21H3. The maximum Gasteiger partial charge on any atom is 0.257 e. The third-order valence-corrected chi connectivity index (χ3v) is 16.5. The van der Waals surface area contributed by atoms with Crippen LogP contribution in [0.2, 0.25) is 0 Å². The Balaban J connectivity index is 1.30. The number of anilines is 6. The second-order valence-corrected chi connectivity index (χ2v) is 29.8. The van der Waals surface area contributed by atoms with Crippen LogP contribution in [0.25, 0.3) is 33.2 Å². The maximum atomic E-state index is 7.37. The van der Waals surface area contributed by atoms with E-state index in [9.17, 15) is 0 Å². The van der Waals surface area contributed by atoms with Crippen LogP contribution in [0.15, 0.2) is 138 Å². The first-order valence-corrected chi connectivity index (χ1v) is 28.1. The molecule has 3 heterocycles. The van der Waals surface area contributed by atoms with E-state index in [1.165, 1.54) is 94.3 Å². The second-order valence-electron chi connectivity index (χ2n) is 29.8. The molecule has 0 spiro atoms. The number of benzene rings is 7. The van der Waals surface area contributed by atoms with E-state index in [0.29, 0.717) is 0 Å². The highest BCUT2D eigenvalue weighted by Crippen LogP contribution is 2.49. The molecule has 0 fully saturated rings.